The summed E-state index contributed by atoms with van der Waals surface area (Å²) in [6, 6.07) is 16.8. The second-order valence-electron chi connectivity index (χ2n) is 6.28. The van der Waals surface area contributed by atoms with Crippen LogP contribution in [0.5, 0.6) is 0 Å². The number of nitrogens with two attached hydrogens (primary N) is 2. The highest BCUT2D eigenvalue weighted by molar-refractivity contribution is 5.49. The Bertz CT molecular complexity index is 543. The van der Waals surface area contributed by atoms with E-state index in [2.05, 4.69) is 31.2 Å². The molecular weight excluding hydrogens is 256 g/mol. The van der Waals surface area contributed by atoms with Crippen molar-refractivity contribution in [2.24, 2.45) is 0 Å². The Hall–Kier alpha value is -1.96. The fourth-order valence-electron chi connectivity index (χ4n) is 3.45. The van der Waals surface area contributed by atoms with E-state index < -0.39 is 0 Å². The average molecular weight is 279 g/mol. The summed E-state index contributed by atoms with van der Waals surface area (Å²) in [7, 11) is 0. The van der Waals surface area contributed by atoms with Crippen molar-refractivity contribution in [3.8, 4) is 0 Å². The molecule has 0 heterocycles. The molecule has 1 aliphatic carbocycles. The van der Waals surface area contributed by atoms with Gasteiger partial charge < -0.3 is 11.5 Å². The molecule has 2 aromatic rings. The van der Waals surface area contributed by atoms with Crippen molar-refractivity contribution in [3.63, 3.8) is 0 Å². The Morgan fingerprint density at radius 2 is 1.10 bits per heavy atom. The smallest absolute Gasteiger partial charge is 0.0314 e. The van der Waals surface area contributed by atoms with Gasteiger partial charge in [0.05, 0.1) is 0 Å². The van der Waals surface area contributed by atoms with E-state index in [0.29, 0.717) is 0 Å². The number of hydrogen-bond donors (Lipinski definition) is 2. The van der Waals surface area contributed by atoms with Gasteiger partial charge in [0.25, 0.3) is 0 Å². The Morgan fingerprint density at radius 1 is 0.714 bits per heavy atom. The topological polar surface area (TPSA) is 52.0 Å². The van der Waals surface area contributed by atoms with Crippen LogP contribution < -0.4 is 11.5 Å². The largest absolute Gasteiger partial charge is 0.399 e. The van der Waals surface area contributed by atoms with Gasteiger partial charge in [-0.05, 0) is 67.0 Å². The molecule has 0 bridgehead atoms. The van der Waals surface area contributed by atoms with E-state index in [4.69, 9.17) is 11.5 Å². The lowest BCUT2D eigenvalue weighted by Crippen LogP contribution is -2.32. The highest BCUT2D eigenvalue weighted by Gasteiger charge is 2.37. The van der Waals surface area contributed by atoms with Crippen LogP contribution >= 0.6 is 0 Å². The van der Waals surface area contributed by atoms with E-state index >= 15 is 0 Å². The first-order valence-corrected chi connectivity index (χ1v) is 7.63. The van der Waals surface area contributed by atoms with Crippen LogP contribution in [0.1, 0.15) is 43.7 Å². The molecule has 2 aromatic carbocycles. The summed E-state index contributed by atoms with van der Waals surface area (Å²) in [5, 5.41) is 0. The van der Waals surface area contributed by atoms with E-state index in [0.717, 1.165) is 24.2 Å². The lowest BCUT2D eigenvalue weighted by atomic mass is 9.63. The maximum atomic E-state index is 5.86. The van der Waals surface area contributed by atoms with Crippen molar-refractivity contribution in [1.82, 2.24) is 0 Å². The third-order valence-corrected chi connectivity index (χ3v) is 4.88. The van der Waals surface area contributed by atoms with Gasteiger partial charge in [-0.25, -0.2) is 0 Å². The lowest BCUT2D eigenvalue weighted by Gasteiger charge is -2.40. The van der Waals surface area contributed by atoms with Crippen LogP contribution in [0.15, 0.2) is 48.5 Å². The molecule has 1 radical (unpaired) electrons. The van der Waals surface area contributed by atoms with Gasteiger partial charge in [-0.2, -0.15) is 0 Å². The normalized spacial score (nSPS) is 18.5. The maximum Gasteiger partial charge on any atom is 0.0314 e. The van der Waals surface area contributed by atoms with Gasteiger partial charge in [-0.15, -0.1) is 0 Å². The Morgan fingerprint density at radius 3 is 1.48 bits per heavy atom. The molecule has 1 saturated carbocycles. The van der Waals surface area contributed by atoms with Crippen LogP contribution in [0.25, 0.3) is 0 Å². The minimum Gasteiger partial charge on any atom is -0.399 e. The van der Waals surface area contributed by atoms with Crippen molar-refractivity contribution < 1.29 is 0 Å². The molecule has 0 saturated heterocycles. The average Bonchev–Trinajstić information content (AvgIpc) is 2.50. The predicted octanol–water partition coefficient (Wildman–Crippen LogP) is 4.31. The van der Waals surface area contributed by atoms with Crippen LogP contribution in [-0.2, 0) is 5.41 Å². The molecule has 0 unspecified atom stereocenters. The fourth-order valence-corrected chi connectivity index (χ4v) is 3.45. The number of nitrogen functional groups attached to an aromatic ring is 2. The second-order valence-corrected chi connectivity index (χ2v) is 6.28. The van der Waals surface area contributed by atoms with Crippen molar-refractivity contribution in [2.45, 2.75) is 38.0 Å². The third kappa shape index (κ3) is 2.63. The first kappa shape index (κ1) is 14.0. The van der Waals surface area contributed by atoms with E-state index in [1.807, 2.05) is 24.3 Å². The molecule has 109 valence electrons. The number of benzene rings is 2. The summed E-state index contributed by atoms with van der Waals surface area (Å²) < 4.78 is 0. The second kappa shape index (κ2) is 5.44. The summed E-state index contributed by atoms with van der Waals surface area (Å²) in [5.41, 5.74) is 16.2. The van der Waals surface area contributed by atoms with Gasteiger partial charge in [0.15, 0.2) is 0 Å². The maximum absolute atomic E-state index is 5.86. The van der Waals surface area contributed by atoms with E-state index in [9.17, 15) is 0 Å². The summed E-state index contributed by atoms with van der Waals surface area (Å²) in [5.74, 6) is 1.61. The summed E-state index contributed by atoms with van der Waals surface area (Å²) in [6.45, 7) is 2.27. The van der Waals surface area contributed by atoms with Crippen LogP contribution in [-0.4, -0.2) is 0 Å². The zero-order valence-electron chi connectivity index (χ0n) is 12.6. The molecule has 21 heavy (non-hydrogen) atoms. The molecule has 2 heteroatoms. The standard InChI is InChI=1S/C19H23N2/c1-14-10-12-19(13-11-14,15-2-6-17(20)7-3-15)16-4-8-18(21)9-5-16/h2-9H,10-13,20-21H2,1H3. The molecule has 4 N–H and O–H groups in total. The zero-order valence-corrected chi connectivity index (χ0v) is 12.6. The molecule has 0 aromatic heterocycles. The Labute approximate surface area is 127 Å². The van der Waals surface area contributed by atoms with Gasteiger partial charge in [-0.1, -0.05) is 31.2 Å². The van der Waals surface area contributed by atoms with Crippen molar-refractivity contribution in [3.05, 3.63) is 65.6 Å². The van der Waals surface area contributed by atoms with Gasteiger partial charge in [0.2, 0.25) is 0 Å². The fraction of sp³-hybridized carbons (Fsp3) is 0.316. The minimum atomic E-state index is 0.0981. The zero-order chi connectivity index (χ0) is 14.9. The van der Waals surface area contributed by atoms with Gasteiger partial charge in [0.1, 0.15) is 0 Å². The van der Waals surface area contributed by atoms with E-state index in [1.54, 1.807) is 5.92 Å². The minimum absolute atomic E-state index is 0.0981. The molecule has 3 rings (SSSR count). The van der Waals surface area contributed by atoms with Crippen molar-refractivity contribution in [2.75, 3.05) is 11.5 Å². The summed E-state index contributed by atoms with van der Waals surface area (Å²) in [4.78, 5) is 0. The molecule has 1 aliphatic rings. The van der Waals surface area contributed by atoms with Crippen LogP contribution in [0, 0.1) is 5.92 Å². The van der Waals surface area contributed by atoms with Crippen molar-refractivity contribution in [1.29, 1.82) is 0 Å². The molecule has 0 amide bonds. The van der Waals surface area contributed by atoms with Gasteiger partial charge in [-0.3, -0.25) is 0 Å². The van der Waals surface area contributed by atoms with E-state index in [-0.39, 0.29) is 5.41 Å². The SMILES string of the molecule is C[C]1CCC(c2ccc(N)cc2)(c2ccc(N)cc2)CC1. The highest BCUT2D eigenvalue weighted by atomic mass is 14.5. The Kier molecular flexibility index (Phi) is 3.62. The van der Waals surface area contributed by atoms with E-state index in [1.165, 1.54) is 24.0 Å². The number of rotatable bonds is 2. The first-order valence-electron chi connectivity index (χ1n) is 7.63. The summed E-state index contributed by atoms with van der Waals surface area (Å²) in [6.07, 6.45) is 4.70. The van der Waals surface area contributed by atoms with Gasteiger partial charge in [0, 0.05) is 16.8 Å². The third-order valence-electron chi connectivity index (χ3n) is 4.88. The summed E-state index contributed by atoms with van der Waals surface area (Å²) >= 11 is 0. The van der Waals surface area contributed by atoms with Crippen molar-refractivity contribution >= 4 is 11.4 Å². The van der Waals surface area contributed by atoms with Crippen LogP contribution in [0.4, 0.5) is 11.4 Å². The van der Waals surface area contributed by atoms with Crippen LogP contribution in [0.2, 0.25) is 0 Å². The monoisotopic (exact) mass is 279 g/mol. The molecule has 1 fully saturated rings. The lowest BCUT2D eigenvalue weighted by molar-refractivity contribution is 0.367. The quantitative estimate of drug-likeness (QED) is 0.805. The van der Waals surface area contributed by atoms with Gasteiger partial charge >= 0.3 is 0 Å². The van der Waals surface area contributed by atoms with Crippen LogP contribution in [0.3, 0.4) is 0 Å². The molecule has 0 spiro atoms. The Balaban J connectivity index is 2.06. The molecular formula is C19H23N2. The first-order chi connectivity index (χ1) is 10.1. The number of anilines is 2. The predicted molar refractivity (Wildman–Crippen MR) is 89.9 cm³/mol. The molecule has 0 aliphatic heterocycles. The molecule has 0 atom stereocenters. The number of hydrogen-bond acceptors (Lipinski definition) is 2. The molecule has 2 nitrogen and oxygen atoms in total. The highest BCUT2D eigenvalue weighted by Crippen LogP contribution is 2.47.